The molecule has 1 aliphatic heterocycles. The molecular weight excluding hydrogens is 448 g/mol. The third-order valence-electron chi connectivity index (χ3n) is 6.34. The number of nitrogens with zero attached hydrogens (tertiary/aromatic N) is 1. The van der Waals surface area contributed by atoms with Gasteiger partial charge in [0, 0.05) is 24.5 Å². The van der Waals surface area contributed by atoms with Gasteiger partial charge in [0.1, 0.15) is 0 Å². The van der Waals surface area contributed by atoms with Crippen LogP contribution in [0.3, 0.4) is 0 Å². The average Bonchev–Trinajstić information content (AvgIpc) is 2.77. The van der Waals surface area contributed by atoms with Crippen LogP contribution in [0.2, 0.25) is 5.02 Å². The summed E-state index contributed by atoms with van der Waals surface area (Å²) < 4.78 is 32.2. The number of hydrogen-bond donors (Lipinski definition) is 1. The summed E-state index contributed by atoms with van der Waals surface area (Å²) in [7, 11) is -3.50. The standard InChI is InChI=1S/C24H29ClN2O4S/c25-21-9-7-20(8-10-21)24(19-2-1-3-19)26-23(28)13-6-18-4-11-22(12-5-18)32(29,30)27-14-16-31-17-15-27/h4-5,7-12,19,24H,1-3,6,13-17H2,(H,26,28). The minimum atomic E-state index is -3.50. The number of ether oxygens (including phenoxy) is 1. The normalized spacial score (nSPS) is 18.7. The van der Waals surface area contributed by atoms with Crippen LogP contribution >= 0.6 is 11.6 Å². The van der Waals surface area contributed by atoms with Crippen LogP contribution in [0, 0.1) is 5.92 Å². The minimum absolute atomic E-state index is 0.00173. The first-order valence-corrected chi connectivity index (χ1v) is 13.0. The first-order chi connectivity index (χ1) is 15.4. The first kappa shape index (κ1) is 23.2. The Morgan fingerprint density at radius 3 is 2.31 bits per heavy atom. The van der Waals surface area contributed by atoms with E-state index in [9.17, 15) is 13.2 Å². The van der Waals surface area contributed by atoms with Crippen molar-refractivity contribution in [1.82, 2.24) is 9.62 Å². The molecular formula is C24H29ClN2O4S. The summed E-state index contributed by atoms with van der Waals surface area (Å²) in [5.74, 6) is 0.465. The van der Waals surface area contributed by atoms with Gasteiger partial charge < -0.3 is 10.1 Å². The Balaban J connectivity index is 1.34. The molecule has 1 saturated heterocycles. The SMILES string of the molecule is O=C(CCc1ccc(S(=O)(=O)N2CCOCC2)cc1)NC(c1ccc(Cl)cc1)C1CCC1. The van der Waals surface area contributed by atoms with E-state index in [4.69, 9.17) is 16.3 Å². The lowest BCUT2D eigenvalue weighted by atomic mass is 9.77. The van der Waals surface area contributed by atoms with E-state index in [-0.39, 0.29) is 16.8 Å². The van der Waals surface area contributed by atoms with Gasteiger partial charge in [0.2, 0.25) is 15.9 Å². The Labute approximate surface area is 195 Å². The molecule has 172 valence electrons. The maximum atomic E-state index is 12.7. The second kappa shape index (κ2) is 10.3. The molecule has 4 rings (SSSR count). The van der Waals surface area contributed by atoms with Crippen molar-refractivity contribution in [2.75, 3.05) is 26.3 Å². The summed E-state index contributed by atoms with van der Waals surface area (Å²) >= 11 is 6.02. The van der Waals surface area contributed by atoms with Gasteiger partial charge in [0.15, 0.2) is 0 Å². The van der Waals surface area contributed by atoms with Crippen molar-refractivity contribution >= 4 is 27.5 Å². The van der Waals surface area contributed by atoms with Crippen LogP contribution in [0.4, 0.5) is 0 Å². The molecule has 0 aromatic heterocycles. The molecule has 0 bridgehead atoms. The molecule has 0 spiro atoms. The molecule has 1 saturated carbocycles. The molecule has 1 atom stereocenters. The molecule has 1 aliphatic carbocycles. The highest BCUT2D eigenvalue weighted by Gasteiger charge is 2.30. The van der Waals surface area contributed by atoms with E-state index in [0.29, 0.717) is 50.1 Å². The number of nitrogens with one attached hydrogen (secondary N) is 1. The van der Waals surface area contributed by atoms with Crippen molar-refractivity contribution in [3.63, 3.8) is 0 Å². The Hall–Kier alpha value is -1.93. The van der Waals surface area contributed by atoms with Gasteiger partial charge in [-0.05, 0) is 60.6 Å². The number of aryl methyl sites for hydroxylation is 1. The highest BCUT2D eigenvalue weighted by Crippen LogP contribution is 2.38. The molecule has 2 aromatic carbocycles. The van der Waals surface area contributed by atoms with Crippen molar-refractivity contribution in [3.05, 3.63) is 64.7 Å². The minimum Gasteiger partial charge on any atom is -0.379 e. The van der Waals surface area contributed by atoms with Crippen LogP contribution in [0.15, 0.2) is 53.4 Å². The van der Waals surface area contributed by atoms with Crippen LogP contribution in [0.1, 0.15) is 42.9 Å². The molecule has 1 unspecified atom stereocenters. The zero-order valence-corrected chi connectivity index (χ0v) is 19.6. The highest BCUT2D eigenvalue weighted by molar-refractivity contribution is 7.89. The molecule has 1 N–H and O–H groups in total. The van der Waals surface area contributed by atoms with Crippen molar-refractivity contribution in [2.45, 2.75) is 43.0 Å². The molecule has 1 amide bonds. The van der Waals surface area contributed by atoms with Gasteiger partial charge in [-0.15, -0.1) is 0 Å². The monoisotopic (exact) mass is 476 g/mol. The highest BCUT2D eigenvalue weighted by atomic mass is 35.5. The fraction of sp³-hybridized carbons (Fsp3) is 0.458. The fourth-order valence-electron chi connectivity index (χ4n) is 4.18. The van der Waals surface area contributed by atoms with Crippen LogP contribution in [0.25, 0.3) is 0 Å². The van der Waals surface area contributed by atoms with Gasteiger partial charge >= 0.3 is 0 Å². The number of amides is 1. The first-order valence-electron chi connectivity index (χ1n) is 11.1. The fourth-order valence-corrected chi connectivity index (χ4v) is 5.72. The predicted molar refractivity (Wildman–Crippen MR) is 124 cm³/mol. The number of carbonyl (C=O) groups excluding carboxylic acids is 1. The lowest BCUT2D eigenvalue weighted by Crippen LogP contribution is -2.40. The lowest BCUT2D eigenvalue weighted by Gasteiger charge is -2.34. The van der Waals surface area contributed by atoms with Crippen molar-refractivity contribution in [3.8, 4) is 0 Å². The Bertz CT molecular complexity index is 1010. The van der Waals surface area contributed by atoms with E-state index in [1.54, 1.807) is 24.3 Å². The van der Waals surface area contributed by atoms with E-state index in [1.165, 1.54) is 10.7 Å². The zero-order chi connectivity index (χ0) is 22.6. The number of hydrogen-bond acceptors (Lipinski definition) is 4. The second-order valence-electron chi connectivity index (χ2n) is 8.45. The summed E-state index contributed by atoms with van der Waals surface area (Å²) in [4.78, 5) is 13.0. The number of sulfonamides is 1. The van der Waals surface area contributed by atoms with E-state index in [2.05, 4.69) is 5.32 Å². The van der Waals surface area contributed by atoms with E-state index >= 15 is 0 Å². The summed E-state index contributed by atoms with van der Waals surface area (Å²) in [6.45, 7) is 1.59. The lowest BCUT2D eigenvalue weighted by molar-refractivity contribution is -0.122. The maximum absolute atomic E-state index is 12.7. The smallest absolute Gasteiger partial charge is 0.243 e. The molecule has 32 heavy (non-hydrogen) atoms. The van der Waals surface area contributed by atoms with E-state index in [0.717, 1.165) is 24.0 Å². The van der Waals surface area contributed by atoms with Gasteiger partial charge in [-0.2, -0.15) is 4.31 Å². The van der Waals surface area contributed by atoms with Crippen molar-refractivity contribution in [1.29, 1.82) is 0 Å². The van der Waals surface area contributed by atoms with Gasteiger partial charge in [0.25, 0.3) is 0 Å². The quantitative estimate of drug-likeness (QED) is 0.626. The summed E-state index contributed by atoms with van der Waals surface area (Å²) in [5, 5.41) is 3.89. The predicted octanol–water partition coefficient (Wildman–Crippen LogP) is 3.95. The molecule has 2 aliphatic rings. The maximum Gasteiger partial charge on any atom is 0.243 e. The largest absolute Gasteiger partial charge is 0.379 e. The Morgan fingerprint density at radius 2 is 1.72 bits per heavy atom. The van der Waals surface area contributed by atoms with Crippen LogP contribution in [0.5, 0.6) is 0 Å². The molecule has 2 fully saturated rings. The average molecular weight is 477 g/mol. The van der Waals surface area contributed by atoms with Crippen LogP contribution in [-0.4, -0.2) is 44.9 Å². The summed E-state index contributed by atoms with van der Waals surface area (Å²) in [6.07, 6.45) is 4.34. The zero-order valence-electron chi connectivity index (χ0n) is 18.0. The van der Waals surface area contributed by atoms with Crippen molar-refractivity contribution < 1.29 is 17.9 Å². The van der Waals surface area contributed by atoms with Crippen molar-refractivity contribution in [2.24, 2.45) is 5.92 Å². The topological polar surface area (TPSA) is 75.7 Å². The summed E-state index contributed by atoms with van der Waals surface area (Å²) in [5.41, 5.74) is 2.03. The molecule has 0 radical (unpaired) electrons. The van der Waals surface area contributed by atoms with Crippen LogP contribution < -0.4 is 5.32 Å². The number of morpholine rings is 1. The van der Waals surface area contributed by atoms with Gasteiger partial charge in [-0.25, -0.2) is 8.42 Å². The third-order valence-corrected chi connectivity index (χ3v) is 8.50. The third kappa shape index (κ3) is 5.52. The van der Waals surface area contributed by atoms with E-state index < -0.39 is 10.0 Å². The van der Waals surface area contributed by atoms with Gasteiger partial charge in [-0.1, -0.05) is 42.3 Å². The Kier molecular flexibility index (Phi) is 7.51. The van der Waals surface area contributed by atoms with Gasteiger partial charge in [0.05, 0.1) is 24.2 Å². The summed E-state index contributed by atoms with van der Waals surface area (Å²) in [6, 6.07) is 14.5. The number of halogens is 1. The number of carbonyl (C=O) groups is 1. The Morgan fingerprint density at radius 1 is 1.06 bits per heavy atom. The van der Waals surface area contributed by atoms with Crippen LogP contribution in [-0.2, 0) is 26.0 Å². The molecule has 8 heteroatoms. The molecule has 6 nitrogen and oxygen atoms in total. The van der Waals surface area contributed by atoms with E-state index in [1.807, 2.05) is 24.3 Å². The molecule has 2 aromatic rings. The molecule has 1 heterocycles. The number of rotatable bonds is 8. The second-order valence-corrected chi connectivity index (χ2v) is 10.8. The number of benzene rings is 2. The van der Waals surface area contributed by atoms with Gasteiger partial charge in [-0.3, -0.25) is 4.79 Å².